The lowest BCUT2D eigenvalue weighted by molar-refractivity contribution is 0.0748. The highest BCUT2D eigenvalue weighted by Gasteiger charge is 2.24. The van der Waals surface area contributed by atoms with Crippen LogP contribution in [0.3, 0.4) is 0 Å². The van der Waals surface area contributed by atoms with Crippen molar-refractivity contribution in [3.05, 3.63) is 40.2 Å². The molecule has 9 heteroatoms. The number of nitrogens with one attached hydrogen (secondary N) is 1. The summed E-state index contributed by atoms with van der Waals surface area (Å²) in [5.74, 6) is -0.448. The minimum Gasteiger partial charge on any atom is -0.338 e. The Balaban J connectivity index is 2.66. The Bertz CT molecular complexity index is 1080. The van der Waals surface area contributed by atoms with E-state index in [1.54, 1.807) is 27.8 Å². The van der Waals surface area contributed by atoms with Crippen LogP contribution < -0.4 is 5.56 Å². The van der Waals surface area contributed by atoms with E-state index in [4.69, 9.17) is 5.26 Å². The largest absolute Gasteiger partial charge is 0.338 e. The summed E-state index contributed by atoms with van der Waals surface area (Å²) >= 11 is 0. The van der Waals surface area contributed by atoms with Gasteiger partial charge in [-0.25, -0.2) is 8.42 Å². The molecule has 1 atom stereocenters. The zero-order chi connectivity index (χ0) is 21.1. The number of pyridine rings is 1. The fraction of sp³-hybridized carbons (Fsp3) is 0.421. The van der Waals surface area contributed by atoms with Gasteiger partial charge in [-0.15, -0.1) is 0 Å². The van der Waals surface area contributed by atoms with E-state index in [0.29, 0.717) is 24.0 Å². The number of hydrogen-bond acceptors (Lipinski definition) is 5. The second kappa shape index (κ2) is 8.54. The molecular weight excluding hydrogens is 380 g/mol. The zero-order valence-electron chi connectivity index (χ0n) is 16.4. The molecule has 0 spiro atoms. The third kappa shape index (κ3) is 4.08. The van der Waals surface area contributed by atoms with Gasteiger partial charge in [-0.1, -0.05) is 13.8 Å². The van der Waals surface area contributed by atoms with Crippen LogP contribution >= 0.6 is 0 Å². The maximum atomic E-state index is 12.9. The van der Waals surface area contributed by atoms with Gasteiger partial charge in [0.05, 0.1) is 22.9 Å². The highest BCUT2D eigenvalue weighted by atomic mass is 32.2. The van der Waals surface area contributed by atoms with E-state index < -0.39 is 21.5 Å². The van der Waals surface area contributed by atoms with Gasteiger partial charge in [0.25, 0.3) is 5.91 Å². The first kappa shape index (κ1) is 21.6. The smallest absolute Gasteiger partial charge is 0.254 e. The Morgan fingerprint density at radius 2 is 1.89 bits per heavy atom. The van der Waals surface area contributed by atoms with Crippen molar-refractivity contribution in [2.24, 2.45) is 0 Å². The molecule has 0 aliphatic carbocycles. The summed E-state index contributed by atoms with van der Waals surface area (Å²) in [6.07, 6.45) is 0.144. The lowest BCUT2D eigenvalue weighted by Crippen LogP contribution is -2.35. The Morgan fingerprint density at radius 3 is 2.46 bits per heavy atom. The van der Waals surface area contributed by atoms with Gasteiger partial charge in [-0.2, -0.15) is 9.57 Å². The highest BCUT2D eigenvalue weighted by molar-refractivity contribution is 7.89. The van der Waals surface area contributed by atoms with Crippen LogP contribution in [0.2, 0.25) is 0 Å². The van der Waals surface area contributed by atoms with Gasteiger partial charge in [-0.3, -0.25) is 9.59 Å². The maximum Gasteiger partial charge on any atom is 0.254 e. The zero-order valence-corrected chi connectivity index (χ0v) is 17.2. The van der Waals surface area contributed by atoms with E-state index in [1.165, 1.54) is 27.4 Å². The van der Waals surface area contributed by atoms with Crippen LogP contribution in [0.25, 0.3) is 10.9 Å². The van der Waals surface area contributed by atoms with Gasteiger partial charge in [0, 0.05) is 43.1 Å². The topological polar surface area (TPSA) is 114 Å². The van der Waals surface area contributed by atoms with E-state index in [0.717, 1.165) is 6.07 Å². The average molecular weight is 404 g/mol. The standard InChI is InChI=1S/C19H24N4O4S/c1-5-23(6-2)28(26,27)14-7-8-17-15(11-14)16(12-18(24)21-17)19(25)22(4)13(3)9-10-20/h7-8,11-13H,5-6,9H2,1-4H3,(H,21,24). The molecule has 150 valence electrons. The Kier molecular flexibility index (Phi) is 6.59. The van der Waals surface area contributed by atoms with Crippen molar-refractivity contribution in [2.75, 3.05) is 20.1 Å². The van der Waals surface area contributed by atoms with Gasteiger partial charge in [0.2, 0.25) is 15.6 Å². The summed E-state index contributed by atoms with van der Waals surface area (Å²) in [6.45, 7) is 5.87. The number of hydrogen-bond donors (Lipinski definition) is 1. The van der Waals surface area contributed by atoms with E-state index in [-0.39, 0.29) is 22.9 Å². The van der Waals surface area contributed by atoms with Crippen molar-refractivity contribution in [1.82, 2.24) is 14.2 Å². The monoisotopic (exact) mass is 404 g/mol. The van der Waals surface area contributed by atoms with Crippen LogP contribution in [0.15, 0.2) is 34.0 Å². The molecule has 2 rings (SSSR count). The molecule has 8 nitrogen and oxygen atoms in total. The van der Waals surface area contributed by atoms with Crippen LogP contribution in [0.5, 0.6) is 0 Å². The Morgan fingerprint density at radius 1 is 1.25 bits per heavy atom. The molecule has 1 N–H and O–H groups in total. The minimum atomic E-state index is -3.72. The summed E-state index contributed by atoms with van der Waals surface area (Å²) in [4.78, 5) is 29.0. The fourth-order valence-electron chi connectivity index (χ4n) is 2.94. The van der Waals surface area contributed by atoms with E-state index >= 15 is 0 Å². The van der Waals surface area contributed by atoms with Crippen molar-refractivity contribution in [2.45, 2.75) is 38.1 Å². The molecule has 0 radical (unpaired) electrons. The molecule has 0 saturated heterocycles. The number of nitriles is 1. The van der Waals surface area contributed by atoms with Crippen molar-refractivity contribution in [1.29, 1.82) is 5.26 Å². The van der Waals surface area contributed by atoms with Crippen molar-refractivity contribution in [3.8, 4) is 6.07 Å². The second-order valence-electron chi connectivity index (χ2n) is 6.47. The molecular formula is C19H24N4O4S. The normalized spacial score (nSPS) is 12.7. The Labute approximate surface area is 164 Å². The van der Waals surface area contributed by atoms with Gasteiger partial charge in [0.1, 0.15) is 0 Å². The van der Waals surface area contributed by atoms with Crippen molar-refractivity contribution in [3.63, 3.8) is 0 Å². The van der Waals surface area contributed by atoms with E-state index in [9.17, 15) is 18.0 Å². The first-order valence-electron chi connectivity index (χ1n) is 8.98. The number of carbonyl (C=O) groups excluding carboxylic acids is 1. The summed E-state index contributed by atoms with van der Waals surface area (Å²) in [7, 11) is -2.17. The molecule has 0 saturated carbocycles. The summed E-state index contributed by atoms with van der Waals surface area (Å²) in [5.41, 5.74) is 0.00913. The highest BCUT2D eigenvalue weighted by Crippen LogP contribution is 2.24. The maximum absolute atomic E-state index is 12.9. The number of H-pyrrole nitrogens is 1. The van der Waals surface area contributed by atoms with Gasteiger partial charge in [-0.05, 0) is 25.1 Å². The molecule has 2 aromatic rings. The molecule has 0 fully saturated rings. The molecule has 1 amide bonds. The quantitative estimate of drug-likeness (QED) is 0.757. The lowest BCUT2D eigenvalue weighted by Gasteiger charge is -2.24. The number of aromatic nitrogens is 1. The third-order valence-electron chi connectivity index (χ3n) is 4.76. The Hall–Kier alpha value is -2.70. The van der Waals surface area contributed by atoms with Crippen LogP contribution in [-0.4, -0.2) is 54.7 Å². The van der Waals surface area contributed by atoms with Gasteiger partial charge >= 0.3 is 0 Å². The average Bonchev–Trinajstić information content (AvgIpc) is 2.66. The van der Waals surface area contributed by atoms with Crippen molar-refractivity contribution >= 4 is 26.8 Å². The van der Waals surface area contributed by atoms with Gasteiger partial charge in [0.15, 0.2) is 0 Å². The second-order valence-corrected chi connectivity index (χ2v) is 8.41. The summed E-state index contributed by atoms with van der Waals surface area (Å²) < 4.78 is 27.0. The fourth-order valence-corrected chi connectivity index (χ4v) is 4.43. The van der Waals surface area contributed by atoms with Crippen LogP contribution in [-0.2, 0) is 10.0 Å². The van der Waals surface area contributed by atoms with Crippen LogP contribution in [0.1, 0.15) is 37.6 Å². The number of carbonyl (C=O) groups is 1. The SMILES string of the molecule is CCN(CC)S(=O)(=O)c1ccc2[nH]c(=O)cc(C(=O)N(C)C(C)CC#N)c2c1. The van der Waals surface area contributed by atoms with Crippen molar-refractivity contribution < 1.29 is 13.2 Å². The number of nitrogens with zero attached hydrogens (tertiary/aromatic N) is 3. The van der Waals surface area contributed by atoms with Crippen LogP contribution in [0.4, 0.5) is 0 Å². The third-order valence-corrected chi connectivity index (χ3v) is 6.80. The summed E-state index contributed by atoms with van der Waals surface area (Å²) in [6, 6.07) is 7.14. The molecule has 0 aliphatic heterocycles. The number of aromatic amines is 1. The molecule has 0 aliphatic rings. The van der Waals surface area contributed by atoms with Crippen LogP contribution in [0, 0.1) is 11.3 Å². The predicted molar refractivity (Wildman–Crippen MR) is 106 cm³/mol. The predicted octanol–water partition coefficient (Wildman–Crippen LogP) is 1.93. The molecule has 0 bridgehead atoms. The first-order valence-corrected chi connectivity index (χ1v) is 10.4. The number of rotatable bonds is 7. The number of fused-ring (bicyclic) bond motifs is 1. The molecule has 1 heterocycles. The minimum absolute atomic E-state index is 0.0533. The number of benzene rings is 1. The van der Waals surface area contributed by atoms with Gasteiger partial charge < -0.3 is 9.88 Å². The van der Waals surface area contributed by atoms with E-state index in [1.807, 2.05) is 6.07 Å². The molecule has 1 unspecified atom stereocenters. The summed E-state index contributed by atoms with van der Waals surface area (Å²) in [5, 5.41) is 9.21. The molecule has 28 heavy (non-hydrogen) atoms. The lowest BCUT2D eigenvalue weighted by atomic mass is 10.1. The number of amides is 1. The first-order chi connectivity index (χ1) is 13.2. The molecule has 1 aromatic carbocycles. The molecule has 1 aromatic heterocycles. The van der Waals surface area contributed by atoms with E-state index in [2.05, 4.69) is 4.98 Å². The number of sulfonamides is 1.